The van der Waals surface area contributed by atoms with Crippen LogP contribution < -0.4 is 10.6 Å². The average Bonchev–Trinajstić information content (AvgIpc) is 3.68. The number of benzene rings is 4. The summed E-state index contributed by atoms with van der Waals surface area (Å²) in [5, 5.41) is 39.0. The zero-order valence-corrected chi connectivity index (χ0v) is 32.3. The van der Waals surface area contributed by atoms with Crippen LogP contribution in [0.1, 0.15) is 80.1 Å². The Kier molecular flexibility index (Phi) is 10.3. The van der Waals surface area contributed by atoms with Crippen molar-refractivity contribution in [2.24, 2.45) is 23.7 Å². The SMILES string of the molecule is C[C@@H]1[C@H](CSc2nnnn2-c2ccc(O)cc2)O[C@H](c2ccc(-c3cccc(CNC(=O)NC45CC6CC(CC(C6)C4)C5)c3)cc2)O[C@@H]1c1ccc(CO)cc1. The van der Waals surface area contributed by atoms with Crippen LogP contribution in [0, 0.1) is 23.7 Å². The first-order valence-corrected chi connectivity index (χ1v) is 20.7. The van der Waals surface area contributed by atoms with E-state index in [1.54, 1.807) is 28.9 Å². The van der Waals surface area contributed by atoms with Gasteiger partial charge in [-0.15, -0.1) is 5.10 Å². The second-order valence-electron chi connectivity index (χ2n) is 16.4. The summed E-state index contributed by atoms with van der Waals surface area (Å²) in [6.45, 7) is 2.57. The van der Waals surface area contributed by atoms with Gasteiger partial charge in [0.2, 0.25) is 5.16 Å². The zero-order valence-electron chi connectivity index (χ0n) is 31.5. The number of aliphatic hydroxyl groups is 1. The molecule has 0 unspecified atom stereocenters. The molecule has 5 aromatic rings. The summed E-state index contributed by atoms with van der Waals surface area (Å²) in [6.07, 6.45) is 6.37. The van der Waals surface area contributed by atoms with Crippen LogP contribution >= 0.6 is 11.8 Å². The number of phenolic OH excluding ortho intramolecular Hbond substituents is 1. The number of urea groups is 1. The molecule has 10 rings (SSSR count). The molecule has 1 saturated heterocycles. The maximum Gasteiger partial charge on any atom is 0.315 e. The molecule has 4 aromatic carbocycles. The van der Waals surface area contributed by atoms with Crippen molar-refractivity contribution < 1.29 is 24.5 Å². The van der Waals surface area contributed by atoms with Crippen molar-refractivity contribution in [3.05, 3.63) is 119 Å². The van der Waals surface area contributed by atoms with Crippen molar-refractivity contribution in [2.75, 3.05) is 5.75 Å². The van der Waals surface area contributed by atoms with E-state index in [9.17, 15) is 15.0 Å². The van der Waals surface area contributed by atoms with Gasteiger partial charge in [0.15, 0.2) is 6.29 Å². The molecule has 5 fully saturated rings. The minimum atomic E-state index is -0.621. The number of hydrogen-bond acceptors (Lipinski definition) is 9. The van der Waals surface area contributed by atoms with Gasteiger partial charge in [0.05, 0.1) is 24.5 Å². The smallest absolute Gasteiger partial charge is 0.315 e. The highest BCUT2D eigenvalue weighted by Crippen LogP contribution is 2.55. The molecule has 12 heteroatoms. The normalized spacial score (nSPS) is 27.9. The molecule has 4 bridgehead atoms. The second kappa shape index (κ2) is 15.7. The highest BCUT2D eigenvalue weighted by molar-refractivity contribution is 7.99. The van der Waals surface area contributed by atoms with Gasteiger partial charge in [-0.05, 0) is 125 Å². The summed E-state index contributed by atoms with van der Waals surface area (Å²) in [5.74, 6) is 3.08. The number of aliphatic hydroxyl groups excluding tert-OH is 1. The molecule has 0 radical (unpaired) electrons. The van der Waals surface area contributed by atoms with E-state index in [0.717, 1.165) is 76.1 Å². The van der Waals surface area contributed by atoms with Crippen molar-refractivity contribution in [1.29, 1.82) is 0 Å². The van der Waals surface area contributed by atoms with Gasteiger partial charge < -0.3 is 30.3 Å². The fourth-order valence-corrected chi connectivity index (χ4v) is 11.0. The quantitative estimate of drug-likeness (QED) is 0.0987. The van der Waals surface area contributed by atoms with Crippen molar-refractivity contribution >= 4 is 17.8 Å². The van der Waals surface area contributed by atoms with Gasteiger partial charge in [-0.25, -0.2) is 4.79 Å². The van der Waals surface area contributed by atoms with E-state index in [1.807, 2.05) is 30.3 Å². The second-order valence-corrected chi connectivity index (χ2v) is 17.3. The van der Waals surface area contributed by atoms with Crippen LogP contribution in [0.5, 0.6) is 5.75 Å². The monoisotopic (exact) mass is 772 g/mol. The van der Waals surface area contributed by atoms with E-state index in [4.69, 9.17) is 9.47 Å². The topological polar surface area (TPSA) is 144 Å². The van der Waals surface area contributed by atoms with Crippen LogP contribution in [0.15, 0.2) is 102 Å². The van der Waals surface area contributed by atoms with Crippen molar-refractivity contribution in [1.82, 2.24) is 30.8 Å². The Morgan fingerprint density at radius 3 is 2.25 bits per heavy atom. The van der Waals surface area contributed by atoms with Crippen molar-refractivity contribution in [3.8, 4) is 22.6 Å². The first-order chi connectivity index (χ1) is 27.3. The Balaban J connectivity index is 0.880. The van der Waals surface area contributed by atoms with Gasteiger partial charge in [-0.1, -0.05) is 85.4 Å². The lowest BCUT2D eigenvalue weighted by Crippen LogP contribution is -2.61. The number of thioether (sulfide) groups is 1. The molecule has 4 aliphatic carbocycles. The molecule has 290 valence electrons. The van der Waals surface area contributed by atoms with Gasteiger partial charge >= 0.3 is 6.03 Å². The summed E-state index contributed by atoms with van der Waals surface area (Å²) < 4.78 is 15.1. The molecule has 56 heavy (non-hydrogen) atoms. The van der Waals surface area contributed by atoms with Gasteiger partial charge in [-0.3, -0.25) is 0 Å². The van der Waals surface area contributed by atoms with Gasteiger partial charge in [0.1, 0.15) is 5.75 Å². The van der Waals surface area contributed by atoms with E-state index in [1.165, 1.54) is 31.0 Å². The molecule has 2 amide bonds. The molecule has 4 N–H and O–H groups in total. The van der Waals surface area contributed by atoms with Gasteiger partial charge in [0, 0.05) is 29.3 Å². The average molecular weight is 773 g/mol. The Hall–Kier alpha value is -4.75. The van der Waals surface area contributed by atoms with Crippen LogP contribution in [-0.2, 0) is 22.6 Å². The molecule has 5 aliphatic rings. The summed E-state index contributed by atoms with van der Waals surface area (Å²) >= 11 is 1.50. The van der Waals surface area contributed by atoms with Crippen molar-refractivity contribution in [3.63, 3.8) is 0 Å². The molecule has 0 spiro atoms. The fourth-order valence-electron chi connectivity index (χ4n) is 9.92. The third kappa shape index (κ3) is 7.80. The van der Waals surface area contributed by atoms with E-state index >= 15 is 0 Å². The predicted molar refractivity (Wildman–Crippen MR) is 213 cm³/mol. The fraction of sp³-hybridized carbons (Fsp3) is 0.409. The summed E-state index contributed by atoms with van der Waals surface area (Å²) in [6, 6.07) is 31.2. The Labute approximate surface area is 331 Å². The number of carbonyl (C=O) groups excluding carboxylic acids is 1. The van der Waals surface area contributed by atoms with Crippen LogP contribution in [0.2, 0.25) is 0 Å². The molecule has 1 aliphatic heterocycles. The van der Waals surface area contributed by atoms with E-state index in [2.05, 4.69) is 75.5 Å². The van der Waals surface area contributed by atoms with Crippen molar-refractivity contribution in [2.45, 2.75) is 87.8 Å². The molecule has 4 saturated carbocycles. The number of phenols is 1. The molecule has 1 aromatic heterocycles. The maximum absolute atomic E-state index is 13.1. The van der Waals surface area contributed by atoms with E-state index < -0.39 is 6.29 Å². The Morgan fingerprint density at radius 1 is 0.857 bits per heavy atom. The zero-order chi connectivity index (χ0) is 38.2. The number of nitrogens with zero attached hydrogens (tertiary/aromatic N) is 4. The summed E-state index contributed by atoms with van der Waals surface area (Å²) in [7, 11) is 0. The van der Waals surface area contributed by atoms with Crippen LogP contribution in [0.4, 0.5) is 4.79 Å². The lowest BCUT2D eigenvalue weighted by molar-refractivity contribution is -0.268. The third-order valence-electron chi connectivity index (χ3n) is 12.3. The predicted octanol–water partition coefficient (Wildman–Crippen LogP) is 7.88. The minimum Gasteiger partial charge on any atom is -0.508 e. The Bertz CT molecular complexity index is 2110. The molecule has 2 heterocycles. The van der Waals surface area contributed by atoms with Crippen LogP contribution in [0.25, 0.3) is 16.8 Å². The van der Waals surface area contributed by atoms with Gasteiger partial charge in [0.25, 0.3) is 0 Å². The number of tetrazole rings is 1. The number of ether oxygens (including phenoxy) is 2. The third-order valence-corrected chi connectivity index (χ3v) is 13.4. The molecule has 4 atom stereocenters. The maximum atomic E-state index is 13.1. The summed E-state index contributed by atoms with van der Waals surface area (Å²) in [5.41, 5.74) is 6.67. The van der Waals surface area contributed by atoms with Crippen LogP contribution in [0.3, 0.4) is 0 Å². The minimum absolute atomic E-state index is 0.0112. The highest BCUT2D eigenvalue weighted by atomic mass is 32.2. The first kappa shape index (κ1) is 36.9. The number of aromatic hydroxyl groups is 1. The lowest BCUT2D eigenvalue weighted by Gasteiger charge is -2.56. The standard InChI is InChI=1S/C44H48N6O5S/c1-27-39(26-56-43-47-48-49-50(43)37-13-15-38(52)16-14-37)54-41(55-40(27)34-7-5-28(25-51)6-8-34)35-11-9-33(10-12-35)36-4-2-3-29(20-36)24-45-42(53)46-44-21-30-17-31(22-44)19-32(18-30)23-44/h2-16,20,27,30-32,39-41,51-52H,17-19,21-26H2,1H3,(H2,45,46,53)/t27-,30?,31?,32?,39+,40+,41+,44?/m1/s1. The first-order valence-electron chi connectivity index (χ1n) is 19.8. The number of hydrogen-bond donors (Lipinski definition) is 4. The van der Waals surface area contributed by atoms with Gasteiger partial charge in [-0.2, -0.15) is 4.68 Å². The van der Waals surface area contributed by atoms with E-state index in [-0.39, 0.29) is 42.1 Å². The molecular formula is C44H48N6O5S. The van der Waals surface area contributed by atoms with Crippen LogP contribution in [-0.4, -0.2) is 53.8 Å². The highest BCUT2D eigenvalue weighted by Gasteiger charge is 2.51. The summed E-state index contributed by atoms with van der Waals surface area (Å²) in [4.78, 5) is 13.1. The number of amides is 2. The van der Waals surface area contributed by atoms with E-state index in [0.29, 0.717) is 17.5 Å². The Morgan fingerprint density at radius 2 is 1.55 bits per heavy atom. The molecule has 11 nitrogen and oxygen atoms in total. The number of nitrogens with one attached hydrogen (secondary N) is 2. The number of rotatable bonds is 11. The molecular weight excluding hydrogens is 725 g/mol. The number of aromatic nitrogens is 4. The number of carbonyl (C=O) groups is 1. The lowest BCUT2D eigenvalue weighted by atomic mass is 9.53. The largest absolute Gasteiger partial charge is 0.508 e.